The smallest absolute Gasteiger partial charge is 0.417 e. The van der Waals surface area contributed by atoms with Crippen molar-refractivity contribution in [3.05, 3.63) is 59.2 Å². The highest BCUT2D eigenvalue weighted by Crippen LogP contribution is 2.55. The molecule has 1 saturated carbocycles. The summed E-state index contributed by atoms with van der Waals surface area (Å²) in [7, 11) is 0. The van der Waals surface area contributed by atoms with E-state index < -0.39 is 65.0 Å². The molecule has 4 atom stereocenters. The number of halogens is 5. The Morgan fingerprint density at radius 3 is 2.50 bits per heavy atom. The van der Waals surface area contributed by atoms with Crippen LogP contribution in [0.5, 0.6) is 5.75 Å². The fourth-order valence-electron chi connectivity index (χ4n) is 4.98. The molecule has 1 aliphatic carbocycles. The standard InChI is InChI=1S/C26H27F5N2O5/c1-12-19(17-6-7-18(27)20(28)21(17)37-11-13-8-16(34)9-13)22(38-25(12,2)26(29,30)31)24(36)33-15-5-3-4-14(10-15)23(32)35/h3-7,10,12-13,16,19,22,34H,8-9,11H2,1-2H3,(H2,32,35)(H,33,36). The molecule has 0 spiro atoms. The first-order valence-electron chi connectivity index (χ1n) is 12.0. The van der Waals surface area contributed by atoms with Crippen molar-refractivity contribution in [2.45, 2.75) is 56.6 Å². The van der Waals surface area contributed by atoms with E-state index in [1.807, 2.05) is 0 Å². The maximum absolute atomic E-state index is 15.0. The van der Waals surface area contributed by atoms with Crippen molar-refractivity contribution in [2.75, 3.05) is 11.9 Å². The summed E-state index contributed by atoms with van der Waals surface area (Å²) in [5.41, 5.74) is 2.42. The van der Waals surface area contributed by atoms with Gasteiger partial charge in [0, 0.05) is 28.7 Å². The van der Waals surface area contributed by atoms with Gasteiger partial charge in [0.05, 0.1) is 12.7 Å². The topological polar surface area (TPSA) is 111 Å². The first-order chi connectivity index (χ1) is 17.7. The van der Waals surface area contributed by atoms with E-state index in [0.717, 1.165) is 19.1 Å². The van der Waals surface area contributed by atoms with E-state index in [4.69, 9.17) is 15.2 Å². The number of hydrogen-bond acceptors (Lipinski definition) is 5. The Hall–Kier alpha value is -3.25. The molecule has 4 N–H and O–H groups in total. The first kappa shape index (κ1) is 27.8. The Labute approximate surface area is 215 Å². The van der Waals surface area contributed by atoms with Crippen LogP contribution < -0.4 is 15.8 Å². The third-order valence-electron chi connectivity index (χ3n) is 7.46. The molecule has 12 heteroatoms. The minimum Gasteiger partial charge on any atom is -0.490 e. The van der Waals surface area contributed by atoms with Crippen molar-refractivity contribution in [2.24, 2.45) is 17.6 Å². The Bertz CT molecular complexity index is 1230. The molecular weight excluding hydrogens is 515 g/mol. The van der Waals surface area contributed by atoms with E-state index in [2.05, 4.69) is 5.32 Å². The summed E-state index contributed by atoms with van der Waals surface area (Å²) in [4.78, 5) is 24.8. The van der Waals surface area contributed by atoms with Gasteiger partial charge in [-0.1, -0.05) is 19.1 Å². The third-order valence-corrected chi connectivity index (χ3v) is 7.46. The van der Waals surface area contributed by atoms with Gasteiger partial charge >= 0.3 is 6.18 Å². The number of anilines is 1. The minimum atomic E-state index is -4.91. The molecule has 4 unspecified atom stereocenters. The molecule has 7 nitrogen and oxygen atoms in total. The fraction of sp³-hybridized carbons (Fsp3) is 0.462. The zero-order valence-electron chi connectivity index (χ0n) is 20.5. The van der Waals surface area contributed by atoms with Crippen molar-refractivity contribution < 1.29 is 46.1 Å². The van der Waals surface area contributed by atoms with Crippen LogP contribution in [0, 0.1) is 23.5 Å². The van der Waals surface area contributed by atoms with Crippen LogP contribution in [0.15, 0.2) is 36.4 Å². The van der Waals surface area contributed by atoms with E-state index >= 15 is 0 Å². The first-order valence-corrected chi connectivity index (χ1v) is 12.0. The zero-order chi connectivity index (χ0) is 28.0. The Balaban J connectivity index is 1.72. The molecule has 4 rings (SSSR count). The highest BCUT2D eigenvalue weighted by molar-refractivity contribution is 5.98. The number of carbonyl (C=O) groups is 2. The number of hydrogen-bond donors (Lipinski definition) is 3. The van der Waals surface area contributed by atoms with Crippen molar-refractivity contribution in [3.8, 4) is 5.75 Å². The molecule has 206 valence electrons. The number of primary amides is 1. The van der Waals surface area contributed by atoms with Crippen LogP contribution in [0.25, 0.3) is 0 Å². The minimum absolute atomic E-state index is 0.0533. The van der Waals surface area contributed by atoms with Gasteiger partial charge in [-0.3, -0.25) is 9.59 Å². The van der Waals surface area contributed by atoms with Crippen LogP contribution in [-0.4, -0.2) is 47.5 Å². The summed E-state index contributed by atoms with van der Waals surface area (Å²) < 4.78 is 82.6. The molecule has 1 aliphatic heterocycles. The Morgan fingerprint density at radius 2 is 1.89 bits per heavy atom. The molecule has 2 amide bonds. The number of benzene rings is 2. The van der Waals surface area contributed by atoms with E-state index in [-0.39, 0.29) is 29.3 Å². The average molecular weight is 543 g/mol. The number of aliphatic hydroxyl groups is 1. The molecule has 2 aromatic carbocycles. The van der Waals surface area contributed by atoms with Gasteiger partial charge in [-0.2, -0.15) is 17.6 Å². The predicted octanol–water partition coefficient (Wildman–Crippen LogP) is 4.29. The molecule has 2 aromatic rings. The fourth-order valence-corrected chi connectivity index (χ4v) is 4.98. The highest BCUT2D eigenvalue weighted by atomic mass is 19.4. The molecule has 38 heavy (non-hydrogen) atoms. The number of ether oxygens (including phenoxy) is 2. The van der Waals surface area contributed by atoms with Crippen LogP contribution in [0.1, 0.15) is 48.5 Å². The van der Waals surface area contributed by atoms with Crippen LogP contribution >= 0.6 is 0 Å². The summed E-state index contributed by atoms with van der Waals surface area (Å²) in [6.45, 7) is 1.91. The molecule has 1 heterocycles. The lowest BCUT2D eigenvalue weighted by molar-refractivity contribution is -0.272. The SMILES string of the molecule is CC1C(c2ccc(F)c(F)c2OCC2CC(O)C2)C(C(=O)Nc2cccc(C(N)=O)c2)OC1(C)C(F)(F)F. The molecule has 0 aromatic heterocycles. The molecule has 0 bridgehead atoms. The second kappa shape index (κ2) is 10.1. The van der Waals surface area contributed by atoms with Gasteiger partial charge in [0.25, 0.3) is 5.91 Å². The maximum Gasteiger partial charge on any atom is 0.417 e. The normalized spacial score (nSPS) is 29.0. The predicted molar refractivity (Wildman–Crippen MR) is 125 cm³/mol. The summed E-state index contributed by atoms with van der Waals surface area (Å²) in [5, 5.41) is 11.9. The lowest BCUT2D eigenvalue weighted by Gasteiger charge is -2.33. The number of amides is 2. The average Bonchev–Trinajstić information content (AvgIpc) is 3.10. The van der Waals surface area contributed by atoms with Crippen LogP contribution in [0.4, 0.5) is 27.6 Å². The second-order valence-corrected chi connectivity index (χ2v) is 9.97. The van der Waals surface area contributed by atoms with Crippen LogP contribution in [0.3, 0.4) is 0 Å². The number of nitrogens with two attached hydrogens (primary N) is 1. The number of rotatable bonds is 7. The van der Waals surface area contributed by atoms with Crippen molar-refractivity contribution in [1.82, 2.24) is 0 Å². The summed E-state index contributed by atoms with van der Waals surface area (Å²) >= 11 is 0. The molecule has 2 fully saturated rings. The van der Waals surface area contributed by atoms with Gasteiger partial charge in [0.1, 0.15) is 6.10 Å². The number of alkyl halides is 3. The molecule has 0 radical (unpaired) electrons. The quantitative estimate of drug-likeness (QED) is 0.452. The van der Waals surface area contributed by atoms with E-state index in [9.17, 15) is 36.6 Å². The Kier molecular flexibility index (Phi) is 7.41. The second-order valence-electron chi connectivity index (χ2n) is 9.97. The molecular formula is C26H27F5N2O5. The van der Waals surface area contributed by atoms with Gasteiger partial charge in [-0.15, -0.1) is 0 Å². The van der Waals surface area contributed by atoms with E-state index in [1.165, 1.54) is 31.2 Å². The lowest BCUT2D eigenvalue weighted by atomic mass is 9.76. The third kappa shape index (κ3) is 5.06. The highest BCUT2D eigenvalue weighted by Gasteiger charge is 2.66. The van der Waals surface area contributed by atoms with Gasteiger partial charge in [0.15, 0.2) is 17.2 Å². The lowest BCUT2D eigenvalue weighted by Crippen LogP contribution is -2.47. The van der Waals surface area contributed by atoms with Crippen molar-refractivity contribution in [3.63, 3.8) is 0 Å². The van der Waals surface area contributed by atoms with E-state index in [1.54, 1.807) is 0 Å². The number of nitrogens with one attached hydrogen (secondary N) is 1. The van der Waals surface area contributed by atoms with Gasteiger partial charge in [0.2, 0.25) is 11.7 Å². The number of aliphatic hydroxyl groups excluding tert-OH is 1. The Morgan fingerprint density at radius 1 is 1.21 bits per heavy atom. The van der Waals surface area contributed by atoms with Crippen LogP contribution in [0.2, 0.25) is 0 Å². The maximum atomic E-state index is 15.0. The largest absolute Gasteiger partial charge is 0.490 e. The van der Waals surface area contributed by atoms with Crippen molar-refractivity contribution >= 4 is 17.5 Å². The summed E-state index contributed by atoms with van der Waals surface area (Å²) in [6.07, 6.45) is -6.45. The summed E-state index contributed by atoms with van der Waals surface area (Å²) in [5.74, 6) is -8.01. The monoisotopic (exact) mass is 542 g/mol. The van der Waals surface area contributed by atoms with Crippen molar-refractivity contribution in [1.29, 1.82) is 0 Å². The van der Waals surface area contributed by atoms with Crippen LogP contribution in [-0.2, 0) is 9.53 Å². The zero-order valence-corrected chi connectivity index (χ0v) is 20.5. The van der Waals surface area contributed by atoms with E-state index in [0.29, 0.717) is 12.8 Å². The van der Waals surface area contributed by atoms with Gasteiger partial charge < -0.3 is 25.6 Å². The van der Waals surface area contributed by atoms with Gasteiger partial charge in [-0.25, -0.2) is 4.39 Å². The number of carbonyl (C=O) groups excluding carboxylic acids is 2. The summed E-state index contributed by atoms with van der Waals surface area (Å²) in [6, 6.07) is 7.30. The van der Waals surface area contributed by atoms with Gasteiger partial charge in [-0.05, 0) is 49.9 Å². The molecule has 2 aliphatic rings. The molecule has 1 saturated heterocycles.